The van der Waals surface area contributed by atoms with Crippen LogP contribution in [0.3, 0.4) is 0 Å². The predicted molar refractivity (Wildman–Crippen MR) is 92.9 cm³/mol. The Hall–Kier alpha value is -1.59. The molecule has 1 aliphatic rings. The lowest BCUT2D eigenvalue weighted by molar-refractivity contribution is 0.0538. The van der Waals surface area contributed by atoms with Gasteiger partial charge in [0.25, 0.3) is 5.91 Å². The molecule has 1 aromatic carbocycles. The number of carbonyl (C=O) groups excluding carboxylic acids is 1. The summed E-state index contributed by atoms with van der Waals surface area (Å²) in [5, 5.41) is 0.490. The van der Waals surface area contributed by atoms with Crippen molar-refractivity contribution in [1.82, 2.24) is 9.88 Å². The summed E-state index contributed by atoms with van der Waals surface area (Å²) in [5.74, 6) is 0.649. The molecule has 2 heterocycles. The van der Waals surface area contributed by atoms with Crippen molar-refractivity contribution in [1.29, 1.82) is 0 Å². The molecule has 4 nitrogen and oxygen atoms in total. The number of likely N-dealkylation sites (tertiary alicyclic amines) is 1. The van der Waals surface area contributed by atoms with Crippen LogP contribution in [0.4, 0.5) is 0 Å². The first-order valence-electron chi connectivity index (χ1n) is 7.44. The van der Waals surface area contributed by atoms with Crippen molar-refractivity contribution in [3.05, 3.63) is 57.8 Å². The predicted octanol–water partition coefficient (Wildman–Crippen LogP) is 4.18. The lowest BCUT2D eigenvalue weighted by Gasteiger charge is -2.33. The van der Waals surface area contributed by atoms with E-state index in [-0.39, 0.29) is 12.0 Å². The fraction of sp³-hybridized carbons (Fsp3) is 0.294. The minimum Gasteiger partial charge on any atom is -0.487 e. The van der Waals surface area contributed by atoms with Crippen molar-refractivity contribution in [2.24, 2.45) is 0 Å². The van der Waals surface area contributed by atoms with E-state index in [2.05, 4.69) is 20.9 Å². The standard InChI is InChI=1S/C17H16BrClN2O2/c18-13-5-3-12(4-6-13)17(22)21-9-1-2-14(11-21)23-16-7-8-20-10-15(16)19/h3-8,10,14H,1-2,9,11H2. The topological polar surface area (TPSA) is 42.4 Å². The third kappa shape index (κ3) is 4.03. The molecule has 1 aliphatic heterocycles. The third-order valence-corrected chi connectivity index (χ3v) is 4.60. The molecule has 2 aromatic rings. The van der Waals surface area contributed by atoms with Gasteiger partial charge in [0.05, 0.1) is 6.54 Å². The van der Waals surface area contributed by atoms with Gasteiger partial charge in [-0.05, 0) is 37.1 Å². The largest absolute Gasteiger partial charge is 0.487 e. The van der Waals surface area contributed by atoms with Crippen molar-refractivity contribution in [2.45, 2.75) is 18.9 Å². The zero-order chi connectivity index (χ0) is 16.2. The molecule has 23 heavy (non-hydrogen) atoms. The van der Waals surface area contributed by atoms with E-state index in [9.17, 15) is 4.79 Å². The van der Waals surface area contributed by atoms with Crippen LogP contribution in [-0.2, 0) is 0 Å². The first-order valence-corrected chi connectivity index (χ1v) is 8.61. The summed E-state index contributed by atoms with van der Waals surface area (Å²) in [6.45, 7) is 1.31. The SMILES string of the molecule is O=C(c1ccc(Br)cc1)N1CCCC(Oc2ccncc2Cl)C1. The molecule has 0 bridgehead atoms. The maximum Gasteiger partial charge on any atom is 0.253 e. The van der Waals surface area contributed by atoms with E-state index < -0.39 is 0 Å². The molecule has 3 rings (SSSR count). The molecular weight excluding hydrogens is 380 g/mol. The summed E-state index contributed by atoms with van der Waals surface area (Å²) >= 11 is 9.46. The van der Waals surface area contributed by atoms with Crippen LogP contribution >= 0.6 is 27.5 Å². The molecule has 1 amide bonds. The maximum atomic E-state index is 12.6. The Kier molecular flexibility index (Phi) is 5.18. The molecule has 1 fully saturated rings. The maximum absolute atomic E-state index is 12.6. The number of hydrogen-bond donors (Lipinski definition) is 0. The molecule has 120 valence electrons. The van der Waals surface area contributed by atoms with E-state index in [4.69, 9.17) is 16.3 Å². The van der Waals surface area contributed by atoms with Gasteiger partial charge in [0.2, 0.25) is 0 Å². The van der Waals surface area contributed by atoms with E-state index >= 15 is 0 Å². The second kappa shape index (κ2) is 7.32. The Labute approximate surface area is 148 Å². The van der Waals surface area contributed by atoms with Gasteiger partial charge in [-0.25, -0.2) is 0 Å². The van der Waals surface area contributed by atoms with Gasteiger partial charge in [-0.1, -0.05) is 27.5 Å². The van der Waals surface area contributed by atoms with Crippen LogP contribution in [0, 0.1) is 0 Å². The number of piperidine rings is 1. The Balaban J connectivity index is 1.67. The van der Waals surface area contributed by atoms with Crippen LogP contribution in [0.1, 0.15) is 23.2 Å². The van der Waals surface area contributed by atoms with Crippen LogP contribution in [0.25, 0.3) is 0 Å². The number of nitrogens with zero attached hydrogens (tertiary/aromatic N) is 2. The van der Waals surface area contributed by atoms with Crippen LogP contribution in [0.2, 0.25) is 5.02 Å². The van der Waals surface area contributed by atoms with E-state index in [0.717, 1.165) is 23.9 Å². The van der Waals surface area contributed by atoms with E-state index in [0.29, 0.717) is 22.9 Å². The Morgan fingerprint density at radius 1 is 1.30 bits per heavy atom. The first-order chi connectivity index (χ1) is 11.1. The highest BCUT2D eigenvalue weighted by Crippen LogP contribution is 2.26. The van der Waals surface area contributed by atoms with Gasteiger partial charge >= 0.3 is 0 Å². The lowest BCUT2D eigenvalue weighted by atomic mass is 10.1. The molecule has 0 saturated carbocycles. The van der Waals surface area contributed by atoms with Crippen molar-refractivity contribution in [3.63, 3.8) is 0 Å². The molecule has 0 radical (unpaired) electrons. The summed E-state index contributed by atoms with van der Waals surface area (Å²) in [6.07, 6.45) is 4.97. The van der Waals surface area contributed by atoms with Crippen molar-refractivity contribution in [3.8, 4) is 5.75 Å². The average molecular weight is 396 g/mol. The number of rotatable bonds is 3. The van der Waals surface area contributed by atoms with Crippen molar-refractivity contribution in [2.75, 3.05) is 13.1 Å². The minimum atomic E-state index is -0.0527. The quantitative estimate of drug-likeness (QED) is 0.783. The van der Waals surface area contributed by atoms with Gasteiger partial charge in [-0.15, -0.1) is 0 Å². The van der Waals surface area contributed by atoms with Gasteiger partial charge < -0.3 is 9.64 Å². The van der Waals surface area contributed by atoms with E-state index in [1.165, 1.54) is 0 Å². The van der Waals surface area contributed by atoms with Crippen LogP contribution in [0.15, 0.2) is 47.2 Å². The third-order valence-electron chi connectivity index (χ3n) is 3.79. The number of benzene rings is 1. The average Bonchev–Trinajstić information content (AvgIpc) is 2.57. The minimum absolute atomic E-state index is 0.0339. The molecule has 0 spiro atoms. The van der Waals surface area contributed by atoms with E-state index in [1.54, 1.807) is 18.5 Å². The fourth-order valence-electron chi connectivity index (χ4n) is 2.63. The van der Waals surface area contributed by atoms with Crippen LogP contribution < -0.4 is 4.74 Å². The van der Waals surface area contributed by atoms with Crippen molar-refractivity contribution < 1.29 is 9.53 Å². The van der Waals surface area contributed by atoms with Crippen LogP contribution in [-0.4, -0.2) is 35.0 Å². The van der Waals surface area contributed by atoms with Gasteiger partial charge in [0, 0.05) is 35.0 Å². The Morgan fingerprint density at radius 2 is 2.09 bits per heavy atom. The Morgan fingerprint density at radius 3 is 2.83 bits per heavy atom. The second-order valence-corrected chi connectivity index (χ2v) is 6.77. The summed E-state index contributed by atoms with van der Waals surface area (Å²) in [7, 11) is 0. The van der Waals surface area contributed by atoms with Crippen molar-refractivity contribution >= 4 is 33.4 Å². The van der Waals surface area contributed by atoms with Gasteiger partial charge in [-0.2, -0.15) is 0 Å². The number of pyridine rings is 1. The number of ether oxygens (including phenoxy) is 1. The molecular formula is C17H16BrClN2O2. The number of aromatic nitrogens is 1. The molecule has 0 aliphatic carbocycles. The van der Waals surface area contributed by atoms with E-state index in [1.807, 2.05) is 29.2 Å². The monoisotopic (exact) mass is 394 g/mol. The summed E-state index contributed by atoms with van der Waals surface area (Å²) in [4.78, 5) is 18.4. The van der Waals surface area contributed by atoms with Gasteiger partial charge in [-0.3, -0.25) is 9.78 Å². The molecule has 1 saturated heterocycles. The van der Waals surface area contributed by atoms with Gasteiger partial charge in [0.1, 0.15) is 16.9 Å². The van der Waals surface area contributed by atoms with Gasteiger partial charge in [0.15, 0.2) is 0 Å². The fourth-order valence-corrected chi connectivity index (χ4v) is 3.06. The summed E-state index contributed by atoms with van der Waals surface area (Å²) in [6, 6.07) is 9.16. The number of halogens is 2. The normalized spacial score (nSPS) is 17.8. The number of amides is 1. The second-order valence-electron chi connectivity index (χ2n) is 5.45. The number of carbonyl (C=O) groups is 1. The zero-order valence-electron chi connectivity index (χ0n) is 12.4. The highest BCUT2D eigenvalue weighted by Gasteiger charge is 2.26. The Bertz CT molecular complexity index is 693. The molecule has 1 aromatic heterocycles. The molecule has 1 atom stereocenters. The summed E-state index contributed by atoms with van der Waals surface area (Å²) < 4.78 is 6.91. The highest BCUT2D eigenvalue weighted by molar-refractivity contribution is 9.10. The summed E-state index contributed by atoms with van der Waals surface area (Å²) in [5.41, 5.74) is 0.691. The van der Waals surface area contributed by atoms with Crippen LogP contribution in [0.5, 0.6) is 5.75 Å². The number of hydrogen-bond acceptors (Lipinski definition) is 3. The lowest BCUT2D eigenvalue weighted by Crippen LogP contribution is -2.44. The highest BCUT2D eigenvalue weighted by atomic mass is 79.9. The molecule has 1 unspecified atom stereocenters. The first kappa shape index (κ1) is 16.3. The molecule has 6 heteroatoms. The molecule has 0 N–H and O–H groups in total. The zero-order valence-corrected chi connectivity index (χ0v) is 14.8. The smallest absolute Gasteiger partial charge is 0.253 e.